The third-order valence-corrected chi connectivity index (χ3v) is 13.4. The third-order valence-electron chi connectivity index (χ3n) is 9.86. The molecule has 14 heteroatoms. The van der Waals surface area contributed by atoms with E-state index in [1.165, 1.54) is 38.4 Å². The zero-order chi connectivity index (χ0) is 43.1. The number of hydrogen-bond donors (Lipinski definition) is 7. The summed E-state index contributed by atoms with van der Waals surface area (Å²) in [5, 5.41) is 46.8. The second-order valence-electron chi connectivity index (χ2n) is 14.3. The van der Waals surface area contributed by atoms with Crippen molar-refractivity contribution < 1.29 is 28.7 Å². The number of rotatable bonds is 7. The van der Waals surface area contributed by atoms with Crippen molar-refractivity contribution in [2.45, 2.75) is 51.2 Å². The number of nitrogens with zero attached hydrogens (tertiary/aromatic N) is 1. The van der Waals surface area contributed by atoms with Gasteiger partial charge in [0.2, 0.25) is 0 Å². The Morgan fingerprint density at radius 3 is 1.75 bits per heavy atom. The van der Waals surface area contributed by atoms with Crippen LogP contribution in [0.4, 0.5) is 22.7 Å². The van der Waals surface area contributed by atoms with Crippen LogP contribution in [0.5, 0.6) is 11.5 Å². The maximum atomic E-state index is 12.4. The molecule has 2 aliphatic rings. The molecule has 1 unspecified atom stereocenters. The minimum absolute atomic E-state index is 0.0330. The molecule has 0 bridgehead atoms. The molecule has 2 heterocycles. The fourth-order valence-electron chi connectivity index (χ4n) is 6.43. The largest absolute Gasteiger partial charge is 0.508 e. The van der Waals surface area contributed by atoms with Crippen LogP contribution < -0.4 is 20.9 Å². The van der Waals surface area contributed by atoms with E-state index >= 15 is 0 Å². The number of fused-ring (bicyclic) bond motifs is 4. The van der Waals surface area contributed by atoms with Gasteiger partial charge in [0.25, 0.3) is 10.0 Å². The van der Waals surface area contributed by atoms with Crippen molar-refractivity contribution in [2.75, 3.05) is 10.6 Å². The van der Waals surface area contributed by atoms with E-state index < -0.39 is 17.1 Å². The number of benzene rings is 7. The van der Waals surface area contributed by atoms with Gasteiger partial charge in [-0.1, -0.05) is 109 Å². The lowest BCUT2D eigenvalue weighted by atomic mass is 9.80. The Morgan fingerprint density at radius 1 is 0.623 bits per heavy atom. The summed E-state index contributed by atoms with van der Waals surface area (Å²) in [7, 11) is -5.20. The van der Waals surface area contributed by atoms with Crippen molar-refractivity contribution in [2.24, 2.45) is 5.10 Å². The van der Waals surface area contributed by atoms with Gasteiger partial charge in [0, 0.05) is 25.5 Å². The Kier molecular flexibility index (Phi) is 13.4. The number of phenols is 2. The monoisotopic (exact) mass is 866 g/mol. The molecule has 2 aliphatic heterocycles. The molecule has 10 nitrogen and oxygen atoms in total. The van der Waals surface area contributed by atoms with Crippen molar-refractivity contribution in [1.29, 1.82) is 0 Å². The molecule has 61 heavy (non-hydrogen) atoms. The smallest absolute Gasteiger partial charge is 0.488 e. The van der Waals surface area contributed by atoms with E-state index in [0.717, 1.165) is 44.3 Å². The van der Waals surface area contributed by atoms with Gasteiger partial charge in [-0.15, -0.1) is 0 Å². The number of phenolic OH excluding ortho intramolecular Hbond substituents is 2. The van der Waals surface area contributed by atoms with E-state index in [1.54, 1.807) is 66.8 Å². The molecule has 0 saturated carbocycles. The molecular formula is C47H43BN4O6S3. The first kappa shape index (κ1) is 43.0. The van der Waals surface area contributed by atoms with Crippen LogP contribution in [0.1, 0.15) is 42.0 Å². The summed E-state index contributed by atoms with van der Waals surface area (Å²) in [5.41, 5.74) is 9.44. The number of hydrazone groups is 1. The number of aromatic hydroxyl groups is 2. The van der Waals surface area contributed by atoms with Crippen LogP contribution in [0.3, 0.4) is 0 Å². The quantitative estimate of drug-likeness (QED) is 0.0466. The van der Waals surface area contributed by atoms with Gasteiger partial charge in [-0.05, 0) is 121 Å². The second kappa shape index (κ2) is 19.0. The van der Waals surface area contributed by atoms with Gasteiger partial charge < -0.3 is 30.9 Å². The number of nitrogens with one attached hydrogen (secondary N) is 3. The molecule has 0 spiro atoms. The average Bonchev–Trinajstić information content (AvgIpc) is 3.26. The van der Waals surface area contributed by atoms with Crippen molar-refractivity contribution in [3.05, 3.63) is 180 Å². The Balaban J connectivity index is 0.000000152. The Hall–Kier alpha value is -6.16. The first-order valence-corrected chi connectivity index (χ1v) is 22.4. The molecule has 7 aromatic carbocycles. The molecular weight excluding hydrogens is 824 g/mol. The molecule has 0 aliphatic carbocycles. The summed E-state index contributed by atoms with van der Waals surface area (Å²) in [6, 6.07) is 49.0. The van der Waals surface area contributed by atoms with Crippen LogP contribution >= 0.6 is 23.5 Å². The van der Waals surface area contributed by atoms with Gasteiger partial charge >= 0.3 is 7.12 Å². The van der Waals surface area contributed by atoms with Crippen molar-refractivity contribution >= 4 is 74.6 Å². The summed E-state index contributed by atoms with van der Waals surface area (Å²) >= 11 is 3.50. The SMILES string of the molecule is C/C(=N\NS(=O)(=O)c1ccc(C)cc1)c1ccc2c(c1)Nc1ccccc1S2.CC(c1cccc(O)c1)c1ccc2c(c1)Nc1ccccc1S2.OB(O)c1cccc(O)c1. The van der Waals surface area contributed by atoms with E-state index in [4.69, 9.17) is 15.2 Å². The predicted molar refractivity (Wildman–Crippen MR) is 248 cm³/mol. The lowest BCUT2D eigenvalue weighted by Gasteiger charge is -2.22. The number of anilines is 4. The lowest BCUT2D eigenvalue weighted by molar-refractivity contribution is 0.424. The van der Waals surface area contributed by atoms with E-state index in [1.807, 2.05) is 55.5 Å². The topological polar surface area (TPSA) is 164 Å². The summed E-state index contributed by atoms with van der Waals surface area (Å²) < 4.78 is 24.8. The van der Waals surface area contributed by atoms with Gasteiger partial charge in [-0.25, -0.2) is 0 Å². The minimum atomic E-state index is -3.69. The highest BCUT2D eigenvalue weighted by Gasteiger charge is 2.19. The highest BCUT2D eigenvalue weighted by molar-refractivity contribution is 8.00. The van der Waals surface area contributed by atoms with E-state index in [-0.39, 0.29) is 16.6 Å². The standard InChI is InChI=1S/C21H19N3O2S2.C20H17NOS.C6H7BO3/c1-14-7-10-17(11-8-14)28(25,26)24-23-15(2)16-9-12-21-19(13-16)22-18-5-3-4-6-20(18)27-21;1-13(14-5-4-6-16(22)11-14)15-9-10-20-18(12-15)21-17-7-2-3-8-19(17)23-20;8-6-3-1-2-5(4-6)7(9)10/h3-13,22,24H,1-2H3;2-13,21-22H,1H3;1-4,8-10H/b23-15+;;. The zero-order valence-corrected chi connectivity index (χ0v) is 35.9. The molecule has 0 fully saturated rings. The average molecular weight is 867 g/mol. The maximum absolute atomic E-state index is 12.4. The van der Waals surface area contributed by atoms with E-state index in [0.29, 0.717) is 16.9 Å². The van der Waals surface area contributed by atoms with Crippen LogP contribution in [0.25, 0.3) is 0 Å². The fourth-order valence-corrected chi connectivity index (χ4v) is 9.22. The highest BCUT2D eigenvalue weighted by atomic mass is 32.2. The van der Waals surface area contributed by atoms with Crippen LogP contribution in [-0.2, 0) is 10.0 Å². The summed E-state index contributed by atoms with van der Waals surface area (Å²) in [6.07, 6.45) is 0. The van der Waals surface area contributed by atoms with Crippen LogP contribution in [0.2, 0.25) is 0 Å². The molecule has 0 saturated heterocycles. The summed E-state index contributed by atoms with van der Waals surface area (Å²) in [4.78, 5) is 7.32. The Bertz CT molecular complexity index is 2820. The molecule has 308 valence electrons. The lowest BCUT2D eigenvalue weighted by Crippen LogP contribution is -2.29. The van der Waals surface area contributed by atoms with Crippen molar-refractivity contribution in [1.82, 2.24) is 4.83 Å². The third kappa shape index (κ3) is 10.8. The molecule has 7 aromatic rings. The first-order valence-electron chi connectivity index (χ1n) is 19.3. The van der Waals surface area contributed by atoms with E-state index in [9.17, 15) is 13.5 Å². The van der Waals surface area contributed by atoms with Gasteiger partial charge in [-0.2, -0.15) is 18.4 Å². The minimum Gasteiger partial charge on any atom is -0.508 e. The molecule has 0 radical (unpaired) electrons. The summed E-state index contributed by atoms with van der Waals surface area (Å²) in [5.74, 6) is 0.580. The van der Waals surface area contributed by atoms with Gasteiger partial charge in [0.1, 0.15) is 11.5 Å². The van der Waals surface area contributed by atoms with Crippen LogP contribution in [0, 0.1) is 6.92 Å². The second-order valence-corrected chi connectivity index (χ2v) is 18.1. The van der Waals surface area contributed by atoms with Gasteiger partial charge in [0.05, 0.1) is 33.4 Å². The molecule has 9 rings (SSSR count). The van der Waals surface area contributed by atoms with Crippen LogP contribution in [-0.4, -0.2) is 41.5 Å². The maximum Gasteiger partial charge on any atom is 0.488 e. The first-order chi connectivity index (χ1) is 29.3. The van der Waals surface area contributed by atoms with Gasteiger partial charge in [0.15, 0.2) is 0 Å². The highest BCUT2D eigenvalue weighted by Crippen LogP contribution is 2.46. The zero-order valence-electron chi connectivity index (χ0n) is 33.4. The number of hydrogen-bond acceptors (Lipinski definition) is 11. The number of aryl methyl sites for hydroxylation is 1. The number of para-hydroxylation sites is 2. The van der Waals surface area contributed by atoms with Crippen molar-refractivity contribution in [3.63, 3.8) is 0 Å². The fraction of sp³-hybridized carbons (Fsp3) is 0.0851. The normalized spacial score (nSPS) is 12.8. The molecule has 0 aromatic heterocycles. The van der Waals surface area contributed by atoms with Gasteiger partial charge in [-0.3, -0.25) is 0 Å². The van der Waals surface area contributed by atoms with Crippen molar-refractivity contribution in [3.8, 4) is 11.5 Å². The Labute approximate surface area is 364 Å². The summed E-state index contributed by atoms with van der Waals surface area (Å²) in [6.45, 7) is 5.86. The predicted octanol–water partition coefficient (Wildman–Crippen LogP) is 9.73. The molecule has 7 N–H and O–H groups in total. The Morgan fingerprint density at radius 2 is 1.16 bits per heavy atom. The van der Waals surface area contributed by atoms with Crippen LogP contribution in [0.15, 0.2) is 187 Å². The number of sulfonamides is 1. The molecule has 0 amide bonds. The molecule has 1 atom stereocenters. The van der Waals surface area contributed by atoms with E-state index in [2.05, 4.69) is 82.1 Å².